The molecule has 1 fully saturated rings. The van der Waals surface area contributed by atoms with E-state index in [4.69, 9.17) is 11.6 Å². The van der Waals surface area contributed by atoms with Crippen LogP contribution >= 0.6 is 11.6 Å². The standard InChI is InChI=1S/C19H22ClNO2S/c1-15-10-12-16(13-11-15)24(22,23)21-14-6-2-3-9-19(21)17-7-4-5-8-18(17)20/h4-5,7-8,10-13,19H,2-3,6,9,14H2,1H3/t19-/m0/s1. The van der Waals surface area contributed by atoms with Crippen LogP contribution in [-0.2, 0) is 10.0 Å². The molecule has 0 radical (unpaired) electrons. The summed E-state index contributed by atoms with van der Waals surface area (Å²) in [5.41, 5.74) is 1.95. The molecule has 0 aliphatic carbocycles. The summed E-state index contributed by atoms with van der Waals surface area (Å²) in [7, 11) is -3.54. The molecule has 3 nitrogen and oxygen atoms in total. The molecule has 1 aliphatic heterocycles. The van der Waals surface area contributed by atoms with Gasteiger partial charge in [0, 0.05) is 11.6 Å². The van der Waals surface area contributed by atoms with Crippen LogP contribution in [0.25, 0.3) is 0 Å². The zero-order valence-corrected chi connectivity index (χ0v) is 15.4. The molecule has 0 bridgehead atoms. The van der Waals surface area contributed by atoms with E-state index in [1.807, 2.05) is 43.3 Å². The maximum absolute atomic E-state index is 13.2. The van der Waals surface area contributed by atoms with Crippen molar-refractivity contribution < 1.29 is 8.42 Å². The van der Waals surface area contributed by atoms with Gasteiger partial charge in [-0.25, -0.2) is 8.42 Å². The van der Waals surface area contributed by atoms with Gasteiger partial charge < -0.3 is 0 Å². The average Bonchev–Trinajstić information content (AvgIpc) is 2.82. The molecule has 128 valence electrons. The van der Waals surface area contributed by atoms with Crippen molar-refractivity contribution >= 4 is 21.6 Å². The summed E-state index contributed by atoms with van der Waals surface area (Å²) < 4.78 is 28.1. The minimum atomic E-state index is -3.54. The maximum atomic E-state index is 13.2. The smallest absolute Gasteiger partial charge is 0.207 e. The van der Waals surface area contributed by atoms with Gasteiger partial charge in [0.05, 0.1) is 10.9 Å². The van der Waals surface area contributed by atoms with Crippen molar-refractivity contribution in [2.24, 2.45) is 0 Å². The minimum absolute atomic E-state index is 0.201. The fourth-order valence-corrected chi connectivity index (χ4v) is 5.21. The van der Waals surface area contributed by atoms with Gasteiger partial charge in [0.1, 0.15) is 0 Å². The summed E-state index contributed by atoms with van der Waals surface area (Å²) >= 11 is 6.37. The predicted molar refractivity (Wildman–Crippen MR) is 97.7 cm³/mol. The molecular weight excluding hydrogens is 342 g/mol. The molecule has 0 amide bonds. The van der Waals surface area contributed by atoms with Crippen LogP contribution < -0.4 is 0 Å². The first kappa shape index (κ1) is 17.5. The Labute approximate surface area is 149 Å². The molecule has 3 rings (SSSR count). The van der Waals surface area contributed by atoms with E-state index in [0.29, 0.717) is 16.5 Å². The summed E-state index contributed by atoms with van der Waals surface area (Å²) in [6, 6.07) is 14.4. The highest BCUT2D eigenvalue weighted by Gasteiger charge is 2.34. The van der Waals surface area contributed by atoms with Gasteiger partial charge in [0.15, 0.2) is 0 Å². The Morgan fingerprint density at radius 2 is 1.71 bits per heavy atom. The Morgan fingerprint density at radius 3 is 2.42 bits per heavy atom. The SMILES string of the molecule is Cc1ccc(S(=O)(=O)N2CCCCC[C@H]2c2ccccc2Cl)cc1. The predicted octanol–water partition coefficient (Wildman–Crippen LogP) is 4.95. The molecule has 0 spiro atoms. The van der Waals surface area contributed by atoms with E-state index in [1.165, 1.54) is 0 Å². The third kappa shape index (κ3) is 3.51. The topological polar surface area (TPSA) is 37.4 Å². The molecule has 24 heavy (non-hydrogen) atoms. The zero-order valence-electron chi connectivity index (χ0n) is 13.8. The van der Waals surface area contributed by atoms with Gasteiger partial charge in [-0.05, 0) is 43.5 Å². The van der Waals surface area contributed by atoms with Crippen molar-refractivity contribution in [3.63, 3.8) is 0 Å². The van der Waals surface area contributed by atoms with Crippen LogP contribution in [0.2, 0.25) is 5.02 Å². The van der Waals surface area contributed by atoms with E-state index >= 15 is 0 Å². The summed E-state index contributed by atoms with van der Waals surface area (Å²) in [5.74, 6) is 0. The van der Waals surface area contributed by atoms with Crippen LogP contribution in [0.1, 0.15) is 42.9 Å². The monoisotopic (exact) mass is 363 g/mol. The zero-order chi connectivity index (χ0) is 17.2. The van der Waals surface area contributed by atoms with Gasteiger partial charge in [-0.1, -0.05) is 60.3 Å². The van der Waals surface area contributed by atoms with Gasteiger partial charge in [-0.3, -0.25) is 0 Å². The molecule has 0 aromatic heterocycles. The first-order valence-corrected chi connectivity index (χ1v) is 10.1. The summed E-state index contributed by atoms with van der Waals surface area (Å²) in [6.07, 6.45) is 3.73. The third-order valence-corrected chi connectivity index (χ3v) is 6.86. The van der Waals surface area contributed by atoms with E-state index in [1.54, 1.807) is 16.4 Å². The minimum Gasteiger partial charge on any atom is -0.207 e. The molecular formula is C19H22ClNO2S. The largest absolute Gasteiger partial charge is 0.243 e. The van der Waals surface area contributed by atoms with Gasteiger partial charge in [-0.15, -0.1) is 0 Å². The van der Waals surface area contributed by atoms with Crippen molar-refractivity contribution in [2.75, 3.05) is 6.54 Å². The molecule has 1 atom stereocenters. The molecule has 2 aromatic rings. The van der Waals surface area contributed by atoms with Crippen molar-refractivity contribution in [3.8, 4) is 0 Å². The molecule has 0 N–H and O–H groups in total. The van der Waals surface area contributed by atoms with E-state index in [9.17, 15) is 8.42 Å². The number of rotatable bonds is 3. The summed E-state index contributed by atoms with van der Waals surface area (Å²) in [6.45, 7) is 2.49. The van der Waals surface area contributed by atoms with Crippen molar-refractivity contribution in [1.29, 1.82) is 0 Å². The van der Waals surface area contributed by atoms with E-state index in [-0.39, 0.29) is 6.04 Å². The van der Waals surface area contributed by atoms with Crippen LogP contribution in [0.4, 0.5) is 0 Å². The highest BCUT2D eigenvalue weighted by molar-refractivity contribution is 7.89. The number of hydrogen-bond donors (Lipinski definition) is 0. The van der Waals surface area contributed by atoms with E-state index < -0.39 is 10.0 Å². The van der Waals surface area contributed by atoms with Crippen molar-refractivity contribution in [1.82, 2.24) is 4.31 Å². The molecule has 1 saturated heterocycles. The summed E-state index contributed by atoms with van der Waals surface area (Å²) in [5, 5.41) is 0.633. The number of nitrogens with zero attached hydrogens (tertiary/aromatic N) is 1. The van der Waals surface area contributed by atoms with Gasteiger partial charge >= 0.3 is 0 Å². The Balaban J connectivity index is 2.04. The Morgan fingerprint density at radius 1 is 1.00 bits per heavy atom. The normalized spacial score (nSPS) is 19.8. The van der Waals surface area contributed by atoms with E-state index in [0.717, 1.165) is 36.8 Å². The number of halogens is 1. The van der Waals surface area contributed by atoms with Gasteiger partial charge in [0.2, 0.25) is 10.0 Å². The average molecular weight is 364 g/mol. The lowest BCUT2D eigenvalue weighted by Gasteiger charge is -2.30. The van der Waals surface area contributed by atoms with Gasteiger partial charge in [0.25, 0.3) is 0 Å². The summed E-state index contributed by atoms with van der Waals surface area (Å²) in [4.78, 5) is 0.354. The molecule has 2 aromatic carbocycles. The van der Waals surface area contributed by atoms with E-state index in [2.05, 4.69) is 0 Å². The fraction of sp³-hybridized carbons (Fsp3) is 0.368. The number of sulfonamides is 1. The Hall–Kier alpha value is -1.36. The third-order valence-electron chi connectivity index (χ3n) is 4.60. The number of hydrogen-bond acceptors (Lipinski definition) is 2. The lowest BCUT2D eigenvalue weighted by atomic mass is 10.0. The number of aryl methyl sites for hydroxylation is 1. The number of benzene rings is 2. The second kappa shape index (κ2) is 7.26. The van der Waals surface area contributed by atoms with Crippen LogP contribution in [0, 0.1) is 6.92 Å². The highest BCUT2D eigenvalue weighted by atomic mass is 35.5. The fourth-order valence-electron chi connectivity index (χ4n) is 3.27. The molecule has 1 aliphatic rings. The molecule has 0 saturated carbocycles. The van der Waals surface area contributed by atoms with Crippen LogP contribution in [-0.4, -0.2) is 19.3 Å². The molecule has 0 unspecified atom stereocenters. The highest BCUT2D eigenvalue weighted by Crippen LogP contribution is 2.37. The van der Waals surface area contributed by atoms with Crippen LogP contribution in [0.5, 0.6) is 0 Å². The lowest BCUT2D eigenvalue weighted by molar-refractivity contribution is 0.329. The Bertz CT molecular complexity index is 802. The maximum Gasteiger partial charge on any atom is 0.243 e. The van der Waals surface area contributed by atoms with Gasteiger partial charge in [-0.2, -0.15) is 4.31 Å². The molecule has 5 heteroatoms. The first-order chi connectivity index (χ1) is 11.5. The van der Waals surface area contributed by atoms with Crippen LogP contribution in [0.15, 0.2) is 53.4 Å². The quantitative estimate of drug-likeness (QED) is 0.773. The Kier molecular flexibility index (Phi) is 5.28. The second-order valence-corrected chi connectivity index (χ2v) is 8.61. The molecule has 1 heterocycles. The van der Waals surface area contributed by atoms with Crippen molar-refractivity contribution in [3.05, 3.63) is 64.7 Å². The van der Waals surface area contributed by atoms with Crippen LogP contribution in [0.3, 0.4) is 0 Å². The second-order valence-electron chi connectivity index (χ2n) is 6.32. The van der Waals surface area contributed by atoms with Crippen molar-refractivity contribution in [2.45, 2.75) is 43.5 Å². The lowest BCUT2D eigenvalue weighted by Crippen LogP contribution is -2.35. The first-order valence-electron chi connectivity index (χ1n) is 8.33.